The van der Waals surface area contributed by atoms with Crippen LogP contribution in [0.1, 0.15) is 25.3 Å². The minimum Gasteiger partial charge on any atom is -0.370 e. The summed E-state index contributed by atoms with van der Waals surface area (Å²) in [5.74, 6) is 0.522. The van der Waals surface area contributed by atoms with Crippen LogP contribution in [0.15, 0.2) is 35.8 Å². The van der Waals surface area contributed by atoms with Crippen molar-refractivity contribution in [1.82, 2.24) is 19.6 Å². The third kappa shape index (κ3) is 3.39. The van der Waals surface area contributed by atoms with Gasteiger partial charge in [0.15, 0.2) is 5.96 Å². The molecule has 0 saturated carbocycles. The van der Waals surface area contributed by atoms with Crippen LogP contribution in [0.25, 0.3) is 5.52 Å². The van der Waals surface area contributed by atoms with Crippen molar-refractivity contribution in [2.45, 2.75) is 32.4 Å². The first kappa shape index (κ1) is 14.8. The number of rotatable bonds is 5. The smallest absolute Gasteiger partial charge is 0.188 e. The van der Waals surface area contributed by atoms with Gasteiger partial charge in [0, 0.05) is 18.8 Å². The van der Waals surface area contributed by atoms with Gasteiger partial charge in [0.05, 0.1) is 24.6 Å². The zero-order valence-electron chi connectivity index (χ0n) is 13.1. The van der Waals surface area contributed by atoms with Crippen LogP contribution in [0.2, 0.25) is 0 Å². The molecular formula is C16H24N6. The van der Waals surface area contributed by atoms with E-state index in [1.807, 2.05) is 22.9 Å². The molecule has 2 aromatic rings. The topological polar surface area (TPSA) is 70.9 Å². The lowest BCUT2D eigenvalue weighted by Crippen LogP contribution is -2.42. The Morgan fingerprint density at radius 3 is 3.27 bits per heavy atom. The Morgan fingerprint density at radius 2 is 2.41 bits per heavy atom. The number of guanidine groups is 1. The van der Waals surface area contributed by atoms with E-state index in [1.54, 1.807) is 6.33 Å². The van der Waals surface area contributed by atoms with Crippen molar-refractivity contribution < 1.29 is 0 Å². The molecule has 6 nitrogen and oxygen atoms in total. The number of imidazole rings is 1. The van der Waals surface area contributed by atoms with Crippen molar-refractivity contribution in [3.8, 4) is 0 Å². The molecule has 3 rings (SSSR count). The van der Waals surface area contributed by atoms with Gasteiger partial charge in [-0.1, -0.05) is 13.0 Å². The van der Waals surface area contributed by atoms with Crippen molar-refractivity contribution in [3.63, 3.8) is 0 Å². The standard InChI is InChI=1S/C16H24N6/c1-2-21-7-3-4-14(21)10-20-16(17)19-8-13-5-6-15-9-18-12-22(15)11-13/h5-6,9,11-12,14H,2-4,7-8,10H2,1H3,(H3,17,19,20). The fourth-order valence-corrected chi connectivity index (χ4v) is 3.06. The molecule has 0 amide bonds. The van der Waals surface area contributed by atoms with Crippen LogP contribution in [0.4, 0.5) is 0 Å². The third-order valence-corrected chi connectivity index (χ3v) is 4.33. The highest BCUT2D eigenvalue weighted by Crippen LogP contribution is 2.15. The van der Waals surface area contributed by atoms with E-state index in [4.69, 9.17) is 5.73 Å². The van der Waals surface area contributed by atoms with Gasteiger partial charge in [-0.05, 0) is 37.6 Å². The average molecular weight is 300 g/mol. The van der Waals surface area contributed by atoms with Gasteiger partial charge in [0.1, 0.15) is 0 Å². The number of nitrogens with two attached hydrogens (primary N) is 1. The van der Waals surface area contributed by atoms with E-state index in [0.29, 0.717) is 18.5 Å². The lowest BCUT2D eigenvalue weighted by atomic mass is 10.2. The summed E-state index contributed by atoms with van der Waals surface area (Å²) in [6.07, 6.45) is 8.19. The average Bonchev–Trinajstić information content (AvgIpc) is 3.18. The number of pyridine rings is 1. The minimum absolute atomic E-state index is 0.522. The van der Waals surface area contributed by atoms with Crippen molar-refractivity contribution in [2.75, 3.05) is 19.6 Å². The number of aliphatic imine (C=N–C) groups is 1. The number of hydrogen-bond acceptors (Lipinski definition) is 3. The van der Waals surface area contributed by atoms with E-state index in [1.165, 1.54) is 19.4 Å². The maximum absolute atomic E-state index is 5.98. The molecule has 1 aliphatic rings. The number of aromatic nitrogens is 2. The van der Waals surface area contributed by atoms with E-state index < -0.39 is 0 Å². The first-order chi connectivity index (χ1) is 10.8. The molecule has 1 saturated heterocycles. The Hall–Kier alpha value is -2.08. The van der Waals surface area contributed by atoms with Crippen LogP contribution in [0.5, 0.6) is 0 Å². The van der Waals surface area contributed by atoms with Gasteiger partial charge < -0.3 is 15.5 Å². The molecule has 1 fully saturated rings. The summed E-state index contributed by atoms with van der Waals surface area (Å²) in [6.45, 7) is 5.97. The maximum atomic E-state index is 5.98. The molecule has 1 atom stereocenters. The summed E-state index contributed by atoms with van der Waals surface area (Å²) in [5, 5.41) is 3.26. The zero-order valence-corrected chi connectivity index (χ0v) is 13.1. The van der Waals surface area contributed by atoms with Gasteiger partial charge >= 0.3 is 0 Å². The second-order valence-corrected chi connectivity index (χ2v) is 5.77. The molecule has 0 aliphatic carbocycles. The van der Waals surface area contributed by atoms with Gasteiger partial charge in [0.2, 0.25) is 0 Å². The lowest BCUT2D eigenvalue weighted by Gasteiger charge is -2.23. The quantitative estimate of drug-likeness (QED) is 0.643. The van der Waals surface area contributed by atoms with Crippen LogP contribution < -0.4 is 11.1 Å². The number of hydrogen-bond donors (Lipinski definition) is 2. The van der Waals surface area contributed by atoms with E-state index in [0.717, 1.165) is 24.2 Å². The van der Waals surface area contributed by atoms with Crippen LogP contribution in [-0.4, -0.2) is 45.9 Å². The molecule has 0 aromatic carbocycles. The van der Waals surface area contributed by atoms with Gasteiger partial charge in [-0.3, -0.25) is 4.90 Å². The van der Waals surface area contributed by atoms with Gasteiger partial charge in [-0.15, -0.1) is 0 Å². The summed E-state index contributed by atoms with van der Waals surface area (Å²) in [6, 6.07) is 4.68. The predicted molar refractivity (Wildman–Crippen MR) is 88.8 cm³/mol. The molecule has 22 heavy (non-hydrogen) atoms. The third-order valence-electron chi connectivity index (χ3n) is 4.33. The molecule has 0 bridgehead atoms. The molecule has 118 valence electrons. The first-order valence-electron chi connectivity index (χ1n) is 7.94. The number of fused-ring (bicyclic) bond motifs is 1. The van der Waals surface area contributed by atoms with Crippen LogP contribution in [-0.2, 0) is 6.54 Å². The highest BCUT2D eigenvalue weighted by Gasteiger charge is 2.22. The first-order valence-corrected chi connectivity index (χ1v) is 7.94. The summed E-state index contributed by atoms with van der Waals surface area (Å²) in [4.78, 5) is 11.0. The van der Waals surface area contributed by atoms with E-state index in [9.17, 15) is 0 Å². The second kappa shape index (κ2) is 6.79. The van der Waals surface area contributed by atoms with E-state index >= 15 is 0 Å². The highest BCUT2D eigenvalue weighted by atomic mass is 15.2. The predicted octanol–water partition coefficient (Wildman–Crippen LogP) is 1.22. The van der Waals surface area contributed by atoms with Crippen molar-refractivity contribution >= 4 is 11.5 Å². The molecule has 6 heteroatoms. The largest absolute Gasteiger partial charge is 0.370 e. The monoisotopic (exact) mass is 300 g/mol. The second-order valence-electron chi connectivity index (χ2n) is 5.77. The van der Waals surface area contributed by atoms with Gasteiger partial charge in [-0.2, -0.15) is 0 Å². The summed E-state index contributed by atoms with van der Waals surface area (Å²) >= 11 is 0. The molecule has 1 aliphatic heterocycles. The fourth-order valence-electron chi connectivity index (χ4n) is 3.06. The van der Waals surface area contributed by atoms with Crippen LogP contribution in [0.3, 0.4) is 0 Å². The summed E-state index contributed by atoms with van der Waals surface area (Å²) < 4.78 is 1.99. The SMILES string of the molecule is CCN1CCCC1CNC(N)=NCc1ccc2cncn2c1. The molecule has 3 N–H and O–H groups in total. The molecule has 0 spiro atoms. The normalized spacial score (nSPS) is 19.9. The Balaban J connectivity index is 1.53. The van der Waals surface area contributed by atoms with Crippen molar-refractivity contribution in [2.24, 2.45) is 10.7 Å². The van der Waals surface area contributed by atoms with Crippen LogP contribution in [0, 0.1) is 0 Å². The Labute approximate surface area is 131 Å². The fraction of sp³-hybridized carbons (Fsp3) is 0.500. The molecule has 3 heterocycles. The van der Waals surface area contributed by atoms with Gasteiger partial charge in [-0.25, -0.2) is 9.98 Å². The number of likely N-dealkylation sites (tertiary alicyclic amines) is 1. The Morgan fingerprint density at radius 1 is 1.50 bits per heavy atom. The molecule has 0 radical (unpaired) electrons. The summed E-state index contributed by atoms with van der Waals surface area (Å²) in [5.41, 5.74) is 8.18. The zero-order chi connectivity index (χ0) is 15.4. The number of nitrogens with zero attached hydrogens (tertiary/aromatic N) is 4. The number of nitrogens with one attached hydrogen (secondary N) is 1. The highest BCUT2D eigenvalue weighted by molar-refractivity contribution is 5.77. The van der Waals surface area contributed by atoms with Crippen LogP contribution >= 0.6 is 0 Å². The molecule has 2 aromatic heterocycles. The summed E-state index contributed by atoms with van der Waals surface area (Å²) in [7, 11) is 0. The Bertz CT molecular complexity index is 647. The van der Waals surface area contributed by atoms with E-state index in [-0.39, 0.29) is 0 Å². The van der Waals surface area contributed by atoms with Crippen molar-refractivity contribution in [3.05, 3.63) is 36.4 Å². The molecule has 1 unspecified atom stereocenters. The maximum Gasteiger partial charge on any atom is 0.188 e. The number of likely N-dealkylation sites (N-methyl/N-ethyl adjacent to an activating group) is 1. The Kier molecular flexibility index (Phi) is 4.58. The minimum atomic E-state index is 0.522. The van der Waals surface area contributed by atoms with Crippen molar-refractivity contribution in [1.29, 1.82) is 0 Å². The van der Waals surface area contributed by atoms with E-state index in [2.05, 4.69) is 33.2 Å². The molecular weight excluding hydrogens is 276 g/mol. The lowest BCUT2D eigenvalue weighted by molar-refractivity contribution is 0.267. The van der Waals surface area contributed by atoms with Gasteiger partial charge in [0.25, 0.3) is 0 Å².